The summed E-state index contributed by atoms with van der Waals surface area (Å²) in [6, 6.07) is 13.0. The lowest BCUT2D eigenvalue weighted by molar-refractivity contribution is -0.143. The number of aliphatic carboxylic acids is 1. The van der Waals surface area contributed by atoms with Crippen molar-refractivity contribution in [2.24, 2.45) is 5.92 Å². The molecule has 28 heavy (non-hydrogen) atoms. The first-order valence-electron chi connectivity index (χ1n) is 9.84. The van der Waals surface area contributed by atoms with E-state index in [0.29, 0.717) is 18.4 Å². The third-order valence-electron chi connectivity index (χ3n) is 5.33. The molecule has 2 atom stereocenters. The van der Waals surface area contributed by atoms with E-state index in [-0.39, 0.29) is 30.8 Å². The zero-order valence-corrected chi connectivity index (χ0v) is 15.8. The van der Waals surface area contributed by atoms with E-state index >= 15 is 0 Å². The number of carboxylic acids is 1. The molecular formula is C22H26N2O4. The molecule has 0 saturated heterocycles. The third kappa shape index (κ3) is 5.09. The molecule has 1 aliphatic rings. The summed E-state index contributed by atoms with van der Waals surface area (Å²) in [5, 5.41) is 17.1. The maximum atomic E-state index is 12.3. The van der Waals surface area contributed by atoms with Gasteiger partial charge >= 0.3 is 5.97 Å². The van der Waals surface area contributed by atoms with Crippen molar-refractivity contribution < 1.29 is 19.5 Å². The van der Waals surface area contributed by atoms with Crippen molar-refractivity contribution in [3.63, 3.8) is 0 Å². The molecule has 0 radical (unpaired) electrons. The average Bonchev–Trinajstić information content (AvgIpc) is 2.93. The minimum Gasteiger partial charge on any atom is -0.481 e. The number of carbonyl (C=O) groups excluding carboxylic acids is 2. The lowest BCUT2D eigenvalue weighted by Gasteiger charge is -2.22. The van der Waals surface area contributed by atoms with Crippen LogP contribution in [0.25, 0.3) is 10.8 Å². The second kappa shape index (κ2) is 9.35. The highest BCUT2D eigenvalue weighted by atomic mass is 16.4. The van der Waals surface area contributed by atoms with Gasteiger partial charge in [-0.05, 0) is 35.7 Å². The van der Waals surface area contributed by atoms with Crippen LogP contribution in [0.4, 0.5) is 0 Å². The number of fused-ring (bicyclic) bond motifs is 1. The number of nitrogens with one attached hydrogen (secondary N) is 2. The summed E-state index contributed by atoms with van der Waals surface area (Å²) in [5.74, 6) is -1.83. The zero-order valence-electron chi connectivity index (χ0n) is 15.8. The third-order valence-corrected chi connectivity index (χ3v) is 5.33. The lowest BCUT2D eigenvalue weighted by atomic mass is 9.95. The highest BCUT2D eigenvalue weighted by Gasteiger charge is 2.30. The molecule has 148 valence electrons. The molecule has 0 aromatic heterocycles. The van der Waals surface area contributed by atoms with Crippen molar-refractivity contribution >= 4 is 28.6 Å². The number of hydrogen-bond donors (Lipinski definition) is 3. The Morgan fingerprint density at radius 2 is 1.71 bits per heavy atom. The molecule has 2 aromatic rings. The highest BCUT2D eigenvalue weighted by molar-refractivity contribution is 5.98. The molecule has 2 amide bonds. The summed E-state index contributed by atoms with van der Waals surface area (Å²) in [6.45, 7) is 0.210. The van der Waals surface area contributed by atoms with Gasteiger partial charge in [-0.15, -0.1) is 0 Å². The van der Waals surface area contributed by atoms with Crippen molar-refractivity contribution in [3.8, 4) is 0 Å². The molecule has 1 aliphatic carbocycles. The Morgan fingerprint density at radius 3 is 2.50 bits per heavy atom. The van der Waals surface area contributed by atoms with Crippen molar-refractivity contribution in [1.29, 1.82) is 0 Å². The lowest BCUT2D eigenvalue weighted by Crippen LogP contribution is -2.43. The van der Waals surface area contributed by atoms with Gasteiger partial charge in [0.2, 0.25) is 5.91 Å². The van der Waals surface area contributed by atoms with Gasteiger partial charge in [0.1, 0.15) is 0 Å². The molecule has 0 unspecified atom stereocenters. The minimum atomic E-state index is -0.850. The van der Waals surface area contributed by atoms with E-state index < -0.39 is 11.9 Å². The summed E-state index contributed by atoms with van der Waals surface area (Å²) in [5.41, 5.74) is 0.550. The number of carbonyl (C=O) groups is 3. The molecule has 1 saturated carbocycles. The fourth-order valence-corrected chi connectivity index (χ4v) is 3.78. The van der Waals surface area contributed by atoms with E-state index in [1.54, 1.807) is 6.07 Å². The molecule has 2 aromatic carbocycles. The largest absolute Gasteiger partial charge is 0.481 e. The summed E-state index contributed by atoms with van der Waals surface area (Å²) in [7, 11) is 0. The molecule has 1 fully saturated rings. The summed E-state index contributed by atoms with van der Waals surface area (Å²) < 4.78 is 0. The number of carboxylic acid groups (broad SMARTS) is 1. The molecule has 3 N–H and O–H groups in total. The maximum absolute atomic E-state index is 12.3. The Labute approximate surface area is 164 Å². The van der Waals surface area contributed by atoms with E-state index in [1.165, 1.54) is 0 Å². The Kier molecular flexibility index (Phi) is 6.63. The average molecular weight is 382 g/mol. The number of rotatable bonds is 6. The van der Waals surface area contributed by atoms with E-state index in [1.807, 2.05) is 36.4 Å². The van der Waals surface area contributed by atoms with Gasteiger partial charge in [0.25, 0.3) is 5.91 Å². The van der Waals surface area contributed by atoms with E-state index in [9.17, 15) is 19.5 Å². The van der Waals surface area contributed by atoms with Gasteiger partial charge in [0.15, 0.2) is 0 Å². The highest BCUT2D eigenvalue weighted by Crippen LogP contribution is 2.24. The second-order valence-electron chi connectivity index (χ2n) is 7.32. The normalized spacial score (nSPS) is 19.6. The van der Waals surface area contributed by atoms with Gasteiger partial charge in [-0.25, -0.2) is 0 Å². The van der Waals surface area contributed by atoms with Crippen molar-refractivity contribution in [2.45, 2.75) is 44.6 Å². The van der Waals surface area contributed by atoms with Crippen LogP contribution in [0, 0.1) is 5.92 Å². The molecule has 3 rings (SSSR count). The predicted octanol–water partition coefficient (Wildman–Crippen LogP) is 3.11. The van der Waals surface area contributed by atoms with Crippen molar-refractivity contribution in [1.82, 2.24) is 10.6 Å². The van der Waals surface area contributed by atoms with Crippen molar-refractivity contribution in [2.75, 3.05) is 6.54 Å². The number of hydrogen-bond acceptors (Lipinski definition) is 3. The fraction of sp³-hybridized carbons (Fsp3) is 0.409. The SMILES string of the molecule is O=C(CCNC(=O)c1ccc2ccccc2c1)N[C@H]1CCCCC[C@H]1C(=O)O. The van der Waals surface area contributed by atoms with Gasteiger partial charge < -0.3 is 15.7 Å². The maximum Gasteiger partial charge on any atom is 0.308 e. The van der Waals surface area contributed by atoms with Crippen molar-refractivity contribution in [3.05, 3.63) is 48.0 Å². The number of benzene rings is 2. The van der Waals surface area contributed by atoms with Gasteiger partial charge in [-0.1, -0.05) is 49.6 Å². The van der Waals surface area contributed by atoms with Gasteiger partial charge in [0.05, 0.1) is 5.92 Å². The van der Waals surface area contributed by atoms with Gasteiger partial charge in [-0.3, -0.25) is 14.4 Å². The first kappa shape index (κ1) is 19.9. The summed E-state index contributed by atoms with van der Waals surface area (Å²) >= 11 is 0. The molecule has 0 bridgehead atoms. The molecule has 6 nitrogen and oxygen atoms in total. The quantitative estimate of drug-likeness (QED) is 0.669. The predicted molar refractivity (Wildman–Crippen MR) is 107 cm³/mol. The van der Waals surface area contributed by atoms with Crippen LogP contribution in [0.15, 0.2) is 42.5 Å². The second-order valence-corrected chi connectivity index (χ2v) is 7.32. The van der Waals surface area contributed by atoms with Crippen LogP contribution in [-0.2, 0) is 9.59 Å². The molecule has 6 heteroatoms. The van der Waals surface area contributed by atoms with E-state index in [4.69, 9.17) is 0 Å². The van der Waals surface area contributed by atoms with Crippen LogP contribution >= 0.6 is 0 Å². The Balaban J connectivity index is 1.49. The van der Waals surface area contributed by atoms with Gasteiger partial charge in [0, 0.05) is 24.6 Å². The topological polar surface area (TPSA) is 95.5 Å². The standard InChI is InChI=1S/C22H26N2O4/c25-20(24-19-9-3-1-2-8-18(19)22(27)28)12-13-23-21(26)17-11-10-15-6-4-5-7-16(15)14-17/h4-7,10-11,14,18-19H,1-3,8-9,12-13H2,(H,23,26)(H,24,25)(H,27,28)/t18-,19+/m1/s1. The van der Waals surface area contributed by atoms with E-state index in [0.717, 1.165) is 30.0 Å². The van der Waals surface area contributed by atoms with Crippen LogP contribution < -0.4 is 10.6 Å². The monoisotopic (exact) mass is 382 g/mol. The minimum absolute atomic E-state index is 0.127. The first-order chi connectivity index (χ1) is 13.5. The Hall–Kier alpha value is -2.89. The smallest absolute Gasteiger partial charge is 0.308 e. The van der Waals surface area contributed by atoms with Crippen LogP contribution in [-0.4, -0.2) is 35.5 Å². The molecule has 0 aliphatic heterocycles. The summed E-state index contributed by atoms with van der Waals surface area (Å²) in [4.78, 5) is 36.0. The zero-order chi connectivity index (χ0) is 19.9. The Bertz CT molecular complexity index is 864. The van der Waals surface area contributed by atoms with Crippen LogP contribution in [0.1, 0.15) is 48.9 Å². The fourth-order valence-electron chi connectivity index (χ4n) is 3.78. The van der Waals surface area contributed by atoms with Crippen LogP contribution in [0.3, 0.4) is 0 Å². The number of amides is 2. The Morgan fingerprint density at radius 1 is 0.964 bits per heavy atom. The van der Waals surface area contributed by atoms with Crippen LogP contribution in [0.2, 0.25) is 0 Å². The molecular weight excluding hydrogens is 356 g/mol. The van der Waals surface area contributed by atoms with Crippen LogP contribution in [0.5, 0.6) is 0 Å². The summed E-state index contributed by atoms with van der Waals surface area (Å²) in [6.07, 6.45) is 4.21. The molecule has 0 heterocycles. The van der Waals surface area contributed by atoms with Gasteiger partial charge in [-0.2, -0.15) is 0 Å². The molecule has 0 spiro atoms. The van der Waals surface area contributed by atoms with E-state index in [2.05, 4.69) is 10.6 Å². The first-order valence-corrected chi connectivity index (χ1v) is 9.84.